The number of carbonyl (C=O) groups is 1. The van der Waals surface area contributed by atoms with Gasteiger partial charge in [-0.2, -0.15) is 0 Å². The van der Waals surface area contributed by atoms with E-state index in [4.69, 9.17) is 4.74 Å². The van der Waals surface area contributed by atoms with Gasteiger partial charge in [0, 0.05) is 13.1 Å². The Hall–Kier alpha value is -0.610. The van der Waals surface area contributed by atoms with E-state index < -0.39 is 0 Å². The zero-order chi connectivity index (χ0) is 9.80. The second-order valence-electron chi connectivity index (χ2n) is 4.06. The van der Waals surface area contributed by atoms with Crippen molar-refractivity contribution in [3.05, 3.63) is 0 Å². The molecule has 2 heterocycles. The molecule has 0 saturated carbocycles. The van der Waals surface area contributed by atoms with Crippen LogP contribution in [0.1, 0.15) is 12.8 Å². The third-order valence-electron chi connectivity index (χ3n) is 2.96. The number of nitrogens with one attached hydrogen (secondary N) is 1. The minimum absolute atomic E-state index is 0.259. The number of amides is 1. The van der Waals surface area contributed by atoms with Gasteiger partial charge < -0.3 is 15.0 Å². The zero-order valence-electron chi connectivity index (χ0n) is 8.50. The molecular weight excluding hydrogens is 180 g/mol. The Morgan fingerprint density at radius 2 is 2.43 bits per heavy atom. The van der Waals surface area contributed by atoms with Gasteiger partial charge in [-0.15, -0.1) is 0 Å². The van der Waals surface area contributed by atoms with E-state index in [9.17, 15) is 4.79 Å². The van der Waals surface area contributed by atoms with Crippen molar-refractivity contribution >= 4 is 5.91 Å². The summed E-state index contributed by atoms with van der Waals surface area (Å²) in [5.41, 5.74) is 0. The first kappa shape index (κ1) is 9.93. The molecule has 0 aromatic carbocycles. The molecule has 0 aliphatic carbocycles. The minimum Gasteiger partial charge on any atom is -0.379 e. The lowest BCUT2D eigenvalue weighted by Crippen LogP contribution is -2.36. The van der Waals surface area contributed by atoms with Crippen molar-refractivity contribution in [3.8, 4) is 0 Å². The molecule has 1 unspecified atom stereocenters. The van der Waals surface area contributed by atoms with E-state index in [1.165, 1.54) is 6.42 Å². The van der Waals surface area contributed by atoms with Crippen LogP contribution in [0.15, 0.2) is 0 Å². The van der Waals surface area contributed by atoms with Crippen molar-refractivity contribution in [1.29, 1.82) is 0 Å². The summed E-state index contributed by atoms with van der Waals surface area (Å²) in [7, 11) is 0. The highest BCUT2D eigenvalue weighted by molar-refractivity contribution is 5.76. The normalized spacial score (nSPS) is 29.3. The Morgan fingerprint density at radius 3 is 3.21 bits per heavy atom. The van der Waals surface area contributed by atoms with Gasteiger partial charge in [0.05, 0.1) is 19.6 Å². The highest BCUT2D eigenvalue weighted by atomic mass is 16.5. The van der Waals surface area contributed by atoms with Crippen LogP contribution in [0.2, 0.25) is 0 Å². The third kappa shape index (κ3) is 2.45. The molecule has 2 saturated heterocycles. The van der Waals surface area contributed by atoms with Crippen LogP contribution in [0.4, 0.5) is 0 Å². The van der Waals surface area contributed by atoms with Crippen LogP contribution >= 0.6 is 0 Å². The zero-order valence-corrected chi connectivity index (χ0v) is 8.50. The summed E-state index contributed by atoms with van der Waals surface area (Å²) >= 11 is 0. The number of hydrogen-bond acceptors (Lipinski definition) is 3. The quantitative estimate of drug-likeness (QED) is 0.670. The van der Waals surface area contributed by atoms with Gasteiger partial charge in [0.25, 0.3) is 0 Å². The van der Waals surface area contributed by atoms with Gasteiger partial charge >= 0.3 is 0 Å². The SMILES string of the molecule is O=C1CCOCCN1CC1CCNC1. The monoisotopic (exact) mass is 198 g/mol. The molecule has 2 aliphatic heterocycles. The highest BCUT2D eigenvalue weighted by Gasteiger charge is 2.22. The van der Waals surface area contributed by atoms with E-state index >= 15 is 0 Å². The van der Waals surface area contributed by atoms with Gasteiger partial charge in [0.1, 0.15) is 0 Å². The Kier molecular flexibility index (Phi) is 3.37. The van der Waals surface area contributed by atoms with E-state index in [1.54, 1.807) is 0 Å². The first-order chi connectivity index (χ1) is 6.86. The van der Waals surface area contributed by atoms with Crippen molar-refractivity contribution in [1.82, 2.24) is 10.2 Å². The average molecular weight is 198 g/mol. The summed E-state index contributed by atoms with van der Waals surface area (Å²) < 4.78 is 5.28. The van der Waals surface area contributed by atoms with Gasteiger partial charge in [-0.1, -0.05) is 0 Å². The van der Waals surface area contributed by atoms with Gasteiger partial charge in [0.15, 0.2) is 0 Å². The van der Waals surface area contributed by atoms with E-state index in [-0.39, 0.29) is 5.91 Å². The van der Waals surface area contributed by atoms with Crippen molar-refractivity contribution < 1.29 is 9.53 Å². The van der Waals surface area contributed by atoms with Gasteiger partial charge in [-0.25, -0.2) is 0 Å². The molecule has 0 aromatic heterocycles. The Bertz CT molecular complexity index is 202. The molecule has 0 radical (unpaired) electrons. The Labute approximate surface area is 84.6 Å². The summed E-state index contributed by atoms with van der Waals surface area (Å²) in [4.78, 5) is 13.6. The van der Waals surface area contributed by atoms with Gasteiger partial charge in [-0.05, 0) is 25.4 Å². The summed E-state index contributed by atoms with van der Waals surface area (Å²) in [6.07, 6.45) is 1.75. The average Bonchev–Trinajstić information content (AvgIpc) is 2.60. The lowest BCUT2D eigenvalue weighted by Gasteiger charge is -2.23. The summed E-state index contributed by atoms with van der Waals surface area (Å²) in [6, 6.07) is 0. The molecule has 2 aliphatic rings. The molecular formula is C10H18N2O2. The molecule has 14 heavy (non-hydrogen) atoms. The van der Waals surface area contributed by atoms with Crippen molar-refractivity contribution in [2.45, 2.75) is 12.8 Å². The Morgan fingerprint density at radius 1 is 1.50 bits per heavy atom. The van der Waals surface area contributed by atoms with Crippen LogP contribution in [0.5, 0.6) is 0 Å². The highest BCUT2D eigenvalue weighted by Crippen LogP contribution is 2.11. The van der Waals surface area contributed by atoms with Crippen molar-refractivity contribution in [2.24, 2.45) is 5.92 Å². The molecule has 4 nitrogen and oxygen atoms in total. The summed E-state index contributed by atoms with van der Waals surface area (Å²) in [5.74, 6) is 0.909. The van der Waals surface area contributed by atoms with Gasteiger partial charge in [0.2, 0.25) is 5.91 Å². The smallest absolute Gasteiger partial charge is 0.224 e. The second kappa shape index (κ2) is 4.75. The van der Waals surface area contributed by atoms with E-state index in [0.717, 1.165) is 26.2 Å². The van der Waals surface area contributed by atoms with Crippen molar-refractivity contribution in [3.63, 3.8) is 0 Å². The fraction of sp³-hybridized carbons (Fsp3) is 0.900. The molecule has 0 aromatic rings. The van der Waals surface area contributed by atoms with Crippen LogP contribution < -0.4 is 5.32 Å². The number of ether oxygens (including phenoxy) is 1. The predicted molar refractivity (Wildman–Crippen MR) is 53.0 cm³/mol. The molecule has 4 heteroatoms. The standard InChI is InChI=1S/C10H18N2O2/c13-10-2-5-14-6-4-12(10)8-9-1-3-11-7-9/h9,11H,1-8H2. The molecule has 1 atom stereocenters. The minimum atomic E-state index is 0.259. The molecule has 1 amide bonds. The molecule has 2 rings (SSSR count). The number of carbonyl (C=O) groups excluding carboxylic acids is 1. The number of nitrogens with zero attached hydrogens (tertiary/aromatic N) is 1. The number of rotatable bonds is 2. The first-order valence-corrected chi connectivity index (χ1v) is 5.42. The molecule has 0 spiro atoms. The van der Waals surface area contributed by atoms with Gasteiger partial charge in [-0.3, -0.25) is 4.79 Å². The van der Waals surface area contributed by atoms with Crippen LogP contribution in [-0.2, 0) is 9.53 Å². The van der Waals surface area contributed by atoms with E-state index in [0.29, 0.717) is 25.6 Å². The first-order valence-electron chi connectivity index (χ1n) is 5.42. The maximum atomic E-state index is 11.6. The van der Waals surface area contributed by atoms with Crippen molar-refractivity contribution in [2.75, 3.05) is 39.4 Å². The lowest BCUT2D eigenvalue weighted by molar-refractivity contribution is -0.130. The van der Waals surface area contributed by atoms with Crippen LogP contribution in [0, 0.1) is 5.92 Å². The lowest BCUT2D eigenvalue weighted by atomic mass is 10.1. The number of hydrogen-bond donors (Lipinski definition) is 1. The summed E-state index contributed by atoms with van der Waals surface area (Å²) in [5, 5.41) is 3.32. The molecule has 80 valence electrons. The maximum absolute atomic E-state index is 11.6. The Balaban J connectivity index is 1.84. The predicted octanol–water partition coefficient (Wildman–Crippen LogP) is -0.155. The fourth-order valence-electron chi connectivity index (χ4n) is 2.09. The fourth-order valence-corrected chi connectivity index (χ4v) is 2.09. The molecule has 1 N–H and O–H groups in total. The molecule has 0 bridgehead atoms. The van der Waals surface area contributed by atoms with Crippen LogP contribution in [0.25, 0.3) is 0 Å². The van der Waals surface area contributed by atoms with Crippen LogP contribution in [0.3, 0.4) is 0 Å². The van der Waals surface area contributed by atoms with E-state index in [2.05, 4.69) is 5.32 Å². The molecule has 2 fully saturated rings. The third-order valence-corrected chi connectivity index (χ3v) is 2.96. The topological polar surface area (TPSA) is 41.6 Å². The maximum Gasteiger partial charge on any atom is 0.224 e. The second-order valence-corrected chi connectivity index (χ2v) is 4.06. The van der Waals surface area contributed by atoms with Crippen LogP contribution in [-0.4, -0.2) is 50.2 Å². The van der Waals surface area contributed by atoms with E-state index in [1.807, 2.05) is 4.90 Å². The summed E-state index contributed by atoms with van der Waals surface area (Å²) in [6.45, 7) is 5.14. The largest absolute Gasteiger partial charge is 0.379 e.